The highest BCUT2D eigenvalue weighted by Gasteiger charge is 2.47. The van der Waals surface area contributed by atoms with Gasteiger partial charge in [-0.1, -0.05) is 23.6 Å². The number of halogens is 3. The first-order valence-electron chi connectivity index (χ1n) is 6.62. The predicted octanol–water partition coefficient (Wildman–Crippen LogP) is 2.76. The number of nitrogens with zero attached hydrogens (tertiary/aromatic N) is 1. The highest BCUT2D eigenvalue weighted by molar-refractivity contribution is 5.88. The minimum Gasteiger partial charge on any atom is -0.479 e. The number of amides is 1. The fraction of sp³-hybridized carbons (Fsp3) is 0.375. The molecule has 1 aromatic rings. The molecule has 0 aliphatic carbocycles. The molecule has 124 valence electrons. The number of aryl methyl sites for hydroxylation is 3. The van der Waals surface area contributed by atoms with E-state index in [0.717, 1.165) is 5.56 Å². The van der Waals surface area contributed by atoms with E-state index in [1.54, 1.807) is 32.9 Å². The number of carbonyl (C=O) groups is 2. The van der Waals surface area contributed by atoms with Crippen molar-refractivity contribution in [1.29, 1.82) is 0 Å². The molecule has 0 bridgehead atoms. The molecule has 0 aliphatic heterocycles. The van der Waals surface area contributed by atoms with Crippen LogP contribution in [0.2, 0.25) is 0 Å². The van der Waals surface area contributed by atoms with E-state index >= 15 is 0 Å². The van der Waals surface area contributed by atoms with Gasteiger partial charge < -0.3 is 10.0 Å². The van der Waals surface area contributed by atoms with Gasteiger partial charge in [0, 0.05) is 0 Å². The van der Waals surface area contributed by atoms with Gasteiger partial charge in [0.2, 0.25) is 0 Å². The van der Waals surface area contributed by atoms with Gasteiger partial charge in [0.25, 0.3) is 0 Å². The molecule has 0 heterocycles. The van der Waals surface area contributed by atoms with E-state index in [-0.39, 0.29) is 10.5 Å². The Kier molecular flexibility index (Phi) is 5.43. The van der Waals surface area contributed by atoms with Crippen LogP contribution in [0.25, 0.3) is 0 Å². The molecule has 0 spiro atoms. The SMILES string of the molecule is C#CCN(C(=O)C(F)(F)F)C(C(=O)O)c1c(C)cc(C)cc1C. The Bertz CT molecular complexity index is 651. The topological polar surface area (TPSA) is 57.6 Å². The van der Waals surface area contributed by atoms with Crippen molar-refractivity contribution in [3.05, 3.63) is 34.4 Å². The van der Waals surface area contributed by atoms with Gasteiger partial charge in [0.15, 0.2) is 6.04 Å². The average Bonchev–Trinajstić information content (AvgIpc) is 2.38. The number of carboxylic acids is 1. The van der Waals surface area contributed by atoms with E-state index in [0.29, 0.717) is 11.1 Å². The Morgan fingerprint density at radius 3 is 2.09 bits per heavy atom. The number of hydrogen-bond donors (Lipinski definition) is 1. The molecule has 0 aliphatic rings. The lowest BCUT2D eigenvalue weighted by Crippen LogP contribution is -2.46. The van der Waals surface area contributed by atoms with Crippen LogP contribution < -0.4 is 0 Å². The van der Waals surface area contributed by atoms with Crippen molar-refractivity contribution in [3.63, 3.8) is 0 Å². The molecule has 0 saturated carbocycles. The van der Waals surface area contributed by atoms with Crippen LogP contribution in [-0.2, 0) is 9.59 Å². The Morgan fingerprint density at radius 1 is 1.26 bits per heavy atom. The first-order chi connectivity index (χ1) is 10.5. The maximum atomic E-state index is 12.8. The number of terminal acetylenes is 1. The molecule has 23 heavy (non-hydrogen) atoms. The quantitative estimate of drug-likeness (QED) is 0.865. The Balaban J connectivity index is 3.54. The van der Waals surface area contributed by atoms with Crippen LogP contribution in [0.4, 0.5) is 13.2 Å². The second kappa shape index (κ2) is 6.73. The van der Waals surface area contributed by atoms with Crippen LogP contribution >= 0.6 is 0 Å². The van der Waals surface area contributed by atoms with Gasteiger partial charge in [-0.05, 0) is 37.5 Å². The Hall–Kier alpha value is -2.49. The number of benzene rings is 1. The lowest BCUT2D eigenvalue weighted by atomic mass is 9.93. The van der Waals surface area contributed by atoms with Crippen LogP contribution in [-0.4, -0.2) is 34.6 Å². The summed E-state index contributed by atoms with van der Waals surface area (Å²) in [6.45, 7) is 4.18. The van der Waals surface area contributed by atoms with Gasteiger partial charge in [-0.3, -0.25) is 4.79 Å². The van der Waals surface area contributed by atoms with Crippen LogP contribution in [0, 0.1) is 33.1 Å². The summed E-state index contributed by atoms with van der Waals surface area (Å²) in [5.74, 6) is -1.93. The van der Waals surface area contributed by atoms with E-state index in [4.69, 9.17) is 6.42 Å². The van der Waals surface area contributed by atoms with Gasteiger partial charge in [-0.25, -0.2) is 4.79 Å². The van der Waals surface area contributed by atoms with Crippen molar-refractivity contribution in [2.24, 2.45) is 0 Å². The van der Waals surface area contributed by atoms with Crippen molar-refractivity contribution in [2.45, 2.75) is 33.0 Å². The smallest absolute Gasteiger partial charge is 0.471 e. The molecular formula is C16H16F3NO3. The number of rotatable bonds is 4. The molecule has 1 atom stereocenters. The molecular weight excluding hydrogens is 311 g/mol. The minimum atomic E-state index is -5.21. The van der Waals surface area contributed by atoms with Crippen LogP contribution in [0.3, 0.4) is 0 Å². The molecule has 1 aromatic carbocycles. The molecule has 0 saturated heterocycles. The van der Waals surface area contributed by atoms with Gasteiger partial charge in [-0.2, -0.15) is 13.2 Å². The summed E-state index contributed by atoms with van der Waals surface area (Å²) in [5.41, 5.74) is 1.92. The Labute approximate surface area is 131 Å². The van der Waals surface area contributed by atoms with Gasteiger partial charge in [-0.15, -0.1) is 6.42 Å². The predicted molar refractivity (Wildman–Crippen MR) is 77.6 cm³/mol. The van der Waals surface area contributed by atoms with Crippen molar-refractivity contribution in [3.8, 4) is 12.3 Å². The minimum absolute atomic E-state index is 0.135. The summed E-state index contributed by atoms with van der Waals surface area (Å²) in [6.07, 6.45) is -0.189. The summed E-state index contributed by atoms with van der Waals surface area (Å²) in [4.78, 5) is 23.4. The van der Waals surface area contributed by atoms with Crippen molar-refractivity contribution >= 4 is 11.9 Å². The number of carboxylic acid groups (broad SMARTS) is 1. The van der Waals surface area contributed by atoms with Crippen LogP contribution in [0.5, 0.6) is 0 Å². The zero-order chi connectivity index (χ0) is 17.9. The monoisotopic (exact) mass is 327 g/mol. The van der Waals surface area contributed by atoms with E-state index in [9.17, 15) is 27.9 Å². The van der Waals surface area contributed by atoms with Crippen molar-refractivity contribution < 1.29 is 27.9 Å². The zero-order valence-corrected chi connectivity index (χ0v) is 12.9. The van der Waals surface area contributed by atoms with Crippen LogP contribution in [0.15, 0.2) is 12.1 Å². The van der Waals surface area contributed by atoms with Gasteiger partial charge >= 0.3 is 18.1 Å². The normalized spacial score (nSPS) is 12.4. The average molecular weight is 327 g/mol. The third-order valence-electron chi connectivity index (χ3n) is 3.32. The molecule has 1 N–H and O–H groups in total. The van der Waals surface area contributed by atoms with E-state index in [1.165, 1.54) is 0 Å². The zero-order valence-electron chi connectivity index (χ0n) is 12.9. The van der Waals surface area contributed by atoms with Gasteiger partial charge in [0.1, 0.15) is 0 Å². The number of alkyl halides is 3. The molecule has 4 nitrogen and oxygen atoms in total. The van der Waals surface area contributed by atoms with Crippen molar-refractivity contribution in [2.75, 3.05) is 6.54 Å². The number of hydrogen-bond acceptors (Lipinski definition) is 2. The van der Waals surface area contributed by atoms with Crippen molar-refractivity contribution in [1.82, 2.24) is 4.90 Å². The molecule has 0 aromatic heterocycles. The number of aliphatic carboxylic acids is 1. The van der Waals surface area contributed by atoms with E-state index in [2.05, 4.69) is 0 Å². The highest BCUT2D eigenvalue weighted by atomic mass is 19.4. The lowest BCUT2D eigenvalue weighted by molar-refractivity contribution is -0.189. The summed E-state index contributed by atoms with van der Waals surface area (Å²) >= 11 is 0. The third kappa shape index (κ3) is 4.03. The highest BCUT2D eigenvalue weighted by Crippen LogP contribution is 2.31. The maximum Gasteiger partial charge on any atom is 0.471 e. The first kappa shape index (κ1) is 18.6. The Morgan fingerprint density at radius 2 is 1.74 bits per heavy atom. The summed E-state index contributed by atoms with van der Waals surface area (Å²) in [5, 5.41) is 9.43. The van der Waals surface area contributed by atoms with E-state index in [1.807, 2.05) is 5.92 Å². The summed E-state index contributed by atoms with van der Waals surface area (Å²) in [7, 11) is 0. The van der Waals surface area contributed by atoms with Crippen LogP contribution in [0.1, 0.15) is 28.3 Å². The fourth-order valence-electron chi connectivity index (χ4n) is 2.58. The standard InChI is InChI=1S/C16H16F3NO3/c1-5-6-20(15(23)16(17,18)19)13(14(21)22)12-10(3)7-9(2)8-11(12)4/h1,7-8,13H,6H2,2-4H3,(H,21,22). The molecule has 1 unspecified atom stereocenters. The maximum absolute atomic E-state index is 12.8. The number of carbonyl (C=O) groups excluding carboxylic acids is 1. The summed E-state index contributed by atoms with van der Waals surface area (Å²) < 4.78 is 38.3. The summed E-state index contributed by atoms with van der Waals surface area (Å²) in [6, 6.07) is 1.48. The molecule has 0 radical (unpaired) electrons. The molecule has 1 amide bonds. The second-order valence-corrected chi connectivity index (χ2v) is 5.19. The third-order valence-corrected chi connectivity index (χ3v) is 3.32. The van der Waals surface area contributed by atoms with E-state index < -0.39 is 30.6 Å². The lowest BCUT2D eigenvalue weighted by Gasteiger charge is -2.30. The fourth-order valence-corrected chi connectivity index (χ4v) is 2.58. The first-order valence-corrected chi connectivity index (χ1v) is 6.62. The second-order valence-electron chi connectivity index (χ2n) is 5.19. The van der Waals surface area contributed by atoms with Gasteiger partial charge in [0.05, 0.1) is 6.54 Å². The molecule has 0 fully saturated rings. The largest absolute Gasteiger partial charge is 0.479 e. The molecule has 7 heteroatoms. The molecule has 1 rings (SSSR count).